The summed E-state index contributed by atoms with van der Waals surface area (Å²) in [5.74, 6) is 0.776. The first kappa shape index (κ1) is 26.2. The molecule has 0 radical (unpaired) electrons. The fraction of sp³-hybridized carbons (Fsp3) is 0.200. The minimum absolute atomic E-state index is 0.0140. The van der Waals surface area contributed by atoms with Crippen LogP contribution in [0.3, 0.4) is 0 Å². The molecule has 4 N–H and O–H groups in total. The monoisotopic (exact) mass is 552 g/mol. The lowest BCUT2D eigenvalue weighted by Crippen LogP contribution is -2.24. The van der Waals surface area contributed by atoms with Crippen LogP contribution in [0.15, 0.2) is 73.2 Å². The van der Waals surface area contributed by atoms with Crippen LogP contribution < -0.4 is 20.7 Å². The highest BCUT2D eigenvalue weighted by Crippen LogP contribution is 2.29. The van der Waals surface area contributed by atoms with E-state index < -0.39 is 11.8 Å². The van der Waals surface area contributed by atoms with Gasteiger partial charge in [0, 0.05) is 42.7 Å². The Hall–Kier alpha value is -5.03. The lowest BCUT2D eigenvalue weighted by atomic mass is 10.0. The van der Waals surface area contributed by atoms with Crippen LogP contribution in [0.2, 0.25) is 0 Å². The van der Waals surface area contributed by atoms with E-state index in [4.69, 9.17) is 9.84 Å². The van der Waals surface area contributed by atoms with Crippen LogP contribution in [0.5, 0.6) is 11.5 Å². The van der Waals surface area contributed by atoms with E-state index >= 15 is 0 Å². The minimum atomic E-state index is -0.638. The van der Waals surface area contributed by atoms with Gasteiger partial charge in [0.2, 0.25) is 0 Å². The summed E-state index contributed by atoms with van der Waals surface area (Å²) in [6.07, 6.45) is 5.90. The number of pyridine rings is 1. The Morgan fingerprint density at radius 1 is 1.05 bits per heavy atom. The molecule has 0 saturated carbocycles. The topological polar surface area (TPSA) is 122 Å². The van der Waals surface area contributed by atoms with Crippen LogP contribution in [-0.4, -0.2) is 37.5 Å². The number of ether oxygens (including phenoxy) is 1. The lowest BCUT2D eigenvalue weighted by Gasteiger charge is -2.18. The second-order valence-corrected chi connectivity index (χ2v) is 10.1. The van der Waals surface area contributed by atoms with Gasteiger partial charge in [-0.3, -0.25) is 15.4 Å². The van der Waals surface area contributed by atoms with Crippen LogP contribution in [0, 0.1) is 5.82 Å². The predicted octanol–water partition coefficient (Wildman–Crippen LogP) is 6.00. The van der Waals surface area contributed by atoms with Gasteiger partial charge in [-0.25, -0.2) is 13.9 Å². The number of hydrogen-bond donors (Lipinski definition) is 4. The number of anilines is 2. The van der Waals surface area contributed by atoms with Gasteiger partial charge in [-0.2, -0.15) is 10.2 Å². The number of aromatic nitrogens is 5. The van der Waals surface area contributed by atoms with Crippen molar-refractivity contribution >= 4 is 17.5 Å². The fourth-order valence-corrected chi connectivity index (χ4v) is 4.65. The van der Waals surface area contributed by atoms with Crippen molar-refractivity contribution in [1.82, 2.24) is 30.3 Å². The number of nitrogens with zero attached hydrogens (tertiary/aromatic N) is 4. The molecule has 1 aliphatic heterocycles. The van der Waals surface area contributed by atoms with Crippen molar-refractivity contribution < 1.29 is 13.9 Å². The zero-order chi connectivity index (χ0) is 28.3. The van der Waals surface area contributed by atoms with Gasteiger partial charge in [0.15, 0.2) is 0 Å². The molecular formula is C30H29FN8O2. The van der Waals surface area contributed by atoms with E-state index in [0.29, 0.717) is 17.3 Å². The van der Waals surface area contributed by atoms with Gasteiger partial charge in [0.05, 0.1) is 29.0 Å². The number of carbonyl (C=O) groups excluding carboxylic acids is 1. The minimum Gasteiger partial charge on any atom is -0.457 e. The maximum absolute atomic E-state index is 15.0. The first-order valence-corrected chi connectivity index (χ1v) is 13.4. The van der Waals surface area contributed by atoms with E-state index in [2.05, 4.69) is 43.3 Å². The SMILES string of the molecule is CC(C)c1cc(NC(=O)Nc2ccc(Oc3ccnc(-c4cn[nH]c4)c3)cc2F)n(-c2ccc3c(c2)CCNC3)n1. The Morgan fingerprint density at radius 3 is 2.73 bits per heavy atom. The molecular weight excluding hydrogens is 523 g/mol. The van der Waals surface area contributed by atoms with Gasteiger partial charge in [0.25, 0.3) is 0 Å². The highest BCUT2D eigenvalue weighted by atomic mass is 19.1. The first-order chi connectivity index (χ1) is 19.9. The molecule has 6 rings (SSSR count). The van der Waals surface area contributed by atoms with Gasteiger partial charge >= 0.3 is 6.03 Å². The number of urea groups is 1. The van der Waals surface area contributed by atoms with Crippen molar-refractivity contribution in [2.75, 3.05) is 17.2 Å². The normalized spacial score (nSPS) is 12.7. The molecule has 0 aliphatic carbocycles. The molecule has 0 fully saturated rings. The summed E-state index contributed by atoms with van der Waals surface area (Å²) in [5.41, 5.74) is 5.69. The predicted molar refractivity (Wildman–Crippen MR) is 154 cm³/mol. The molecule has 2 amide bonds. The van der Waals surface area contributed by atoms with E-state index in [1.807, 2.05) is 26.0 Å². The highest BCUT2D eigenvalue weighted by Gasteiger charge is 2.18. The van der Waals surface area contributed by atoms with Gasteiger partial charge < -0.3 is 15.4 Å². The number of carbonyl (C=O) groups is 1. The van der Waals surface area contributed by atoms with Crippen LogP contribution in [0.1, 0.15) is 36.6 Å². The smallest absolute Gasteiger partial charge is 0.324 e. The molecule has 0 bridgehead atoms. The van der Waals surface area contributed by atoms with Crippen molar-refractivity contribution in [3.8, 4) is 28.4 Å². The Kier molecular flexibility index (Phi) is 7.17. The van der Waals surface area contributed by atoms with Crippen LogP contribution >= 0.6 is 0 Å². The second-order valence-electron chi connectivity index (χ2n) is 10.1. The summed E-state index contributed by atoms with van der Waals surface area (Å²) in [6.45, 7) is 5.84. The fourth-order valence-electron chi connectivity index (χ4n) is 4.65. The molecule has 0 saturated heterocycles. The number of nitrogens with one attached hydrogen (secondary N) is 4. The molecule has 2 aromatic carbocycles. The number of H-pyrrole nitrogens is 1. The number of halogens is 1. The van der Waals surface area contributed by atoms with Crippen LogP contribution in [0.25, 0.3) is 16.9 Å². The number of amides is 2. The third-order valence-corrected chi connectivity index (χ3v) is 6.83. The Balaban J connectivity index is 1.17. The molecule has 0 unspecified atom stereocenters. The number of hydrogen-bond acceptors (Lipinski definition) is 6. The summed E-state index contributed by atoms with van der Waals surface area (Å²) < 4.78 is 22.5. The van der Waals surface area contributed by atoms with E-state index in [1.54, 1.807) is 41.5 Å². The van der Waals surface area contributed by atoms with E-state index in [-0.39, 0.29) is 17.4 Å². The van der Waals surface area contributed by atoms with E-state index in [0.717, 1.165) is 36.5 Å². The lowest BCUT2D eigenvalue weighted by molar-refractivity contribution is 0.262. The Labute approximate surface area is 236 Å². The molecule has 0 spiro atoms. The average Bonchev–Trinajstić information content (AvgIpc) is 3.66. The molecule has 208 valence electrons. The summed E-state index contributed by atoms with van der Waals surface area (Å²) in [6, 6.07) is 15.1. The highest BCUT2D eigenvalue weighted by molar-refractivity contribution is 5.99. The molecule has 10 nitrogen and oxygen atoms in total. The second kappa shape index (κ2) is 11.2. The quantitative estimate of drug-likeness (QED) is 0.196. The van der Waals surface area contributed by atoms with E-state index in [9.17, 15) is 9.18 Å². The third kappa shape index (κ3) is 5.80. The molecule has 5 aromatic rings. The van der Waals surface area contributed by atoms with Crippen molar-refractivity contribution in [2.45, 2.75) is 32.7 Å². The van der Waals surface area contributed by atoms with Gasteiger partial charge in [-0.1, -0.05) is 19.9 Å². The molecule has 3 aromatic heterocycles. The summed E-state index contributed by atoms with van der Waals surface area (Å²) in [5, 5.41) is 20.2. The maximum Gasteiger partial charge on any atom is 0.324 e. The summed E-state index contributed by atoms with van der Waals surface area (Å²) in [4.78, 5) is 17.3. The van der Waals surface area contributed by atoms with Crippen molar-refractivity contribution in [3.05, 3.63) is 95.8 Å². The van der Waals surface area contributed by atoms with E-state index in [1.165, 1.54) is 23.3 Å². The zero-order valence-electron chi connectivity index (χ0n) is 22.6. The molecule has 0 atom stereocenters. The summed E-state index contributed by atoms with van der Waals surface area (Å²) in [7, 11) is 0. The molecule has 4 heterocycles. The number of aromatic amines is 1. The molecule has 11 heteroatoms. The van der Waals surface area contributed by atoms with Crippen molar-refractivity contribution in [2.24, 2.45) is 0 Å². The number of rotatable bonds is 7. The third-order valence-electron chi connectivity index (χ3n) is 6.83. The Morgan fingerprint density at radius 2 is 1.93 bits per heavy atom. The van der Waals surface area contributed by atoms with Gasteiger partial charge in [-0.05, 0) is 60.3 Å². The number of fused-ring (bicyclic) bond motifs is 1. The average molecular weight is 553 g/mol. The van der Waals surface area contributed by atoms with Crippen LogP contribution in [-0.2, 0) is 13.0 Å². The van der Waals surface area contributed by atoms with Gasteiger partial charge in [-0.15, -0.1) is 0 Å². The summed E-state index contributed by atoms with van der Waals surface area (Å²) >= 11 is 0. The van der Waals surface area contributed by atoms with Crippen LogP contribution in [0.4, 0.5) is 20.7 Å². The Bertz CT molecular complexity index is 1700. The number of benzene rings is 2. The van der Waals surface area contributed by atoms with Crippen molar-refractivity contribution in [3.63, 3.8) is 0 Å². The maximum atomic E-state index is 15.0. The zero-order valence-corrected chi connectivity index (χ0v) is 22.6. The molecule has 41 heavy (non-hydrogen) atoms. The molecule has 1 aliphatic rings. The standard InChI is InChI=1S/C30H29FN8O2/c1-18(2)27-14-29(39(38-27)22-4-3-20-15-32-9-7-19(20)11-22)37-30(40)36-26-6-5-23(12-25(26)31)41-24-8-10-33-28(13-24)21-16-34-35-17-21/h3-6,8,10-14,16-18,32H,7,9,15H2,1-2H3,(H,34,35)(H2,36,37,40). The first-order valence-electron chi connectivity index (χ1n) is 13.4. The van der Waals surface area contributed by atoms with Gasteiger partial charge in [0.1, 0.15) is 23.1 Å². The largest absolute Gasteiger partial charge is 0.457 e. The van der Waals surface area contributed by atoms with Crippen molar-refractivity contribution in [1.29, 1.82) is 0 Å².